The summed E-state index contributed by atoms with van der Waals surface area (Å²) in [5, 5.41) is 0. The van der Waals surface area contributed by atoms with E-state index in [2.05, 4.69) is 31.2 Å². The van der Waals surface area contributed by atoms with Crippen LogP contribution in [0.3, 0.4) is 0 Å². The van der Waals surface area contributed by atoms with Gasteiger partial charge in [-0.25, -0.2) is 0 Å². The summed E-state index contributed by atoms with van der Waals surface area (Å²) in [6, 6.07) is 13.6. The number of hydrogen-bond acceptors (Lipinski definition) is 1. The van der Waals surface area contributed by atoms with Crippen molar-refractivity contribution in [2.45, 2.75) is 102 Å². The molecule has 0 N–H and O–H groups in total. The van der Waals surface area contributed by atoms with E-state index in [1.165, 1.54) is 50.5 Å². The molecule has 1 aromatic carbocycles. The first-order chi connectivity index (χ1) is 14.8. The largest absolute Gasteiger partial charge is 0.494 e. The first-order valence-corrected chi connectivity index (χ1v) is 16.0. The Morgan fingerprint density at radius 2 is 1.60 bits per heavy atom. The van der Waals surface area contributed by atoms with Crippen molar-refractivity contribution in [3.63, 3.8) is 0 Å². The Balaban J connectivity index is 1.25. The van der Waals surface area contributed by atoms with E-state index < -0.39 is 0 Å². The molecule has 0 spiro atoms. The molecule has 2 aliphatic rings. The minimum Gasteiger partial charge on any atom is -0.494 e. The molecule has 1 saturated heterocycles. The Labute approximate surface area is 192 Å². The van der Waals surface area contributed by atoms with Crippen LogP contribution < -0.4 is 4.74 Å². The highest BCUT2D eigenvalue weighted by Crippen LogP contribution is 2.42. The zero-order chi connectivity index (χ0) is 21.0. The smallest absolute Gasteiger partial charge is 0.119 e. The van der Waals surface area contributed by atoms with E-state index in [1.54, 1.807) is 43.8 Å². The van der Waals surface area contributed by atoms with Gasteiger partial charge in [0.25, 0.3) is 0 Å². The van der Waals surface area contributed by atoms with Crippen LogP contribution in [0.25, 0.3) is 0 Å². The Hall–Kier alpha value is -0.473. The monoisotopic (exact) mass is 448 g/mol. The van der Waals surface area contributed by atoms with Crippen molar-refractivity contribution in [3.05, 3.63) is 29.8 Å². The van der Waals surface area contributed by atoms with Crippen LogP contribution in [-0.4, -0.2) is 21.3 Å². The minimum atomic E-state index is -0.298. The predicted molar refractivity (Wildman–Crippen MR) is 135 cm³/mol. The molecule has 1 aromatic rings. The predicted octanol–water partition coefficient (Wildman–Crippen LogP) is 8.26. The van der Waals surface area contributed by atoms with E-state index in [4.69, 9.17) is 16.3 Å². The normalized spacial score (nSPS) is 27.1. The van der Waals surface area contributed by atoms with Crippen molar-refractivity contribution in [1.29, 1.82) is 0 Å². The van der Waals surface area contributed by atoms with Gasteiger partial charge in [-0.05, 0) is 67.6 Å². The van der Waals surface area contributed by atoms with Crippen LogP contribution in [0.15, 0.2) is 24.3 Å². The quantitative estimate of drug-likeness (QED) is 0.177. The van der Waals surface area contributed by atoms with Crippen LogP contribution in [0.4, 0.5) is 0 Å². The molecule has 1 aliphatic carbocycles. The highest BCUT2D eigenvalue weighted by molar-refractivity contribution is 6.58. The van der Waals surface area contributed by atoms with Gasteiger partial charge in [-0.1, -0.05) is 82.1 Å². The number of ether oxygens (including phenoxy) is 1. The fraction of sp³-hybridized carbons (Fsp3) is 0.778. The van der Waals surface area contributed by atoms with E-state index in [1.807, 2.05) is 0 Å². The molecule has 30 heavy (non-hydrogen) atoms. The Morgan fingerprint density at radius 3 is 2.27 bits per heavy atom. The van der Waals surface area contributed by atoms with Gasteiger partial charge < -0.3 is 4.74 Å². The number of unbranched alkanes of at least 4 members (excludes halogenated alkanes) is 1. The van der Waals surface area contributed by atoms with Gasteiger partial charge in [0.15, 0.2) is 0 Å². The van der Waals surface area contributed by atoms with Gasteiger partial charge in [0.2, 0.25) is 0 Å². The molecule has 170 valence electrons. The SMILES string of the molecule is CCC[SiH]1CCC(C2CCC(CCCCc3ccc(OCCCCl)cc3)CC2)CC1. The lowest BCUT2D eigenvalue weighted by atomic mass is 9.73. The average Bonchev–Trinajstić information content (AvgIpc) is 2.79. The lowest BCUT2D eigenvalue weighted by molar-refractivity contribution is 0.184. The molecule has 0 atom stereocenters. The van der Waals surface area contributed by atoms with E-state index in [0.29, 0.717) is 12.5 Å². The topological polar surface area (TPSA) is 9.23 Å². The minimum absolute atomic E-state index is 0.298. The molecule has 1 heterocycles. The van der Waals surface area contributed by atoms with E-state index in [9.17, 15) is 0 Å². The molecule has 3 heteroatoms. The second-order valence-corrected chi connectivity index (χ2v) is 14.0. The summed E-state index contributed by atoms with van der Waals surface area (Å²) in [4.78, 5) is 0. The Morgan fingerprint density at radius 1 is 0.900 bits per heavy atom. The molecule has 0 amide bonds. The third kappa shape index (κ3) is 8.23. The molecular formula is C27H45ClOSi. The lowest BCUT2D eigenvalue weighted by Gasteiger charge is -2.37. The van der Waals surface area contributed by atoms with Gasteiger partial charge in [0.1, 0.15) is 5.75 Å². The van der Waals surface area contributed by atoms with Gasteiger partial charge in [0, 0.05) is 14.7 Å². The van der Waals surface area contributed by atoms with Crippen molar-refractivity contribution in [2.24, 2.45) is 17.8 Å². The second kappa shape index (κ2) is 13.8. The third-order valence-corrected chi connectivity index (χ3v) is 11.9. The molecule has 0 bridgehead atoms. The Bertz CT molecular complexity index is 559. The van der Waals surface area contributed by atoms with Crippen molar-refractivity contribution in [2.75, 3.05) is 12.5 Å². The second-order valence-electron chi connectivity index (χ2n) is 10.1. The van der Waals surface area contributed by atoms with Gasteiger partial charge in [-0.3, -0.25) is 0 Å². The Kier molecular flexibility index (Phi) is 11.1. The fourth-order valence-electron chi connectivity index (χ4n) is 6.06. The summed E-state index contributed by atoms with van der Waals surface area (Å²) < 4.78 is 5.69. The molecular weight excluding hydrogens is 404 g/mol. The summed E-state index contributed by atoms with van der Waals surface area (Å²) in [6.45, 7) is 3.10. The van der Waals surface area contributed by atoms with Gasteiger partial charge >= 0.3 is 0 Å². The number of rotatable bonds is 12. The summed E-state index contributed by atoms with van der Waals surface area (Å²) >= 11 is 5.70. The van der Waals surface area contributed by atoms with E-state index in [-0.39, 0.29) is 8.80 Å². The maximum atomic E-state index is 5.70. The van der Waals surface area contributed by atoms with Crippen LogP contribution in [0.5, 0.6) is 5.75 Å². The van der Waals surface area contributed by atoms with Crippen molar-refractivity contribution in [1.82, 2.24) is 0 Å². The van der Waals surface area contributed by atoms with Gasteiger partial charge in [0.05, 0.1) is 6.61 Å². The van der Waals surface area contributed by atoms with Crippen molar-refractivity contribution >= 4 is 20.4 Å². The summed E-state index contributed by atoms with van der Waals surface area (Å²) in [6.07, 6.45) is 17.1. The number of halogens is 1. The summed E-state index contributed by atoms with van der Waals surface area (Å²) in [5.41, 5.74) is 1.45. The molecule has 2 fully saturated rings. The first-order valence-electron chi connectivity index (χ1n) is 13.1. The number of hydrogen-bond donors (Lipinski definition) is 0. The number of alkyl halides is 1. The van der Waals surface area contributed by atoms with Crippen molar-refractivity contribution in [3.8, 4) is 5.75 Å². The van der Waals surface area contributed by atoms with Crippen LogP contribution in [-0.2, 0) is 6.42 Å². The molecule has 0 aromatic heterocycles. The third-order valence-electron chi connectivity index (χ3n) is 7.94. The standard InChI is InChI=1S/C27H45ClOSi/c1-2-20-30-21-16-26(17-22-30)25-12-8-23(9-13-25)6-3-4-7-24-10-14-27(15-11-24)29-19-5-18-28/h10-11,14-15,23,25-26,30H,2-9,12-13,16-22H2,1H3. The maximum Gasteiger partial charge on any atom is 0.119 e. The molecule has 0 unspecified atom stereocenters. The van der Waals surface area contributed by atoms with Crippen molar-refractivity contribution < 1.29 is 4.74 Å². The molecule has 0 radical (unpaired) electrons. The zero-order valence-corrected chi connectivity index (χ0v) is 21.3. The van der Waals surface area contributed by atoms with E-state index >= 15 is 0 Å². The highest BCUT2D eigenvalue weighted by Gasteiger charge is 2.30. The maximum absolute atomic E-state index is 5.70. The molecule has 1 saturated carbocycles. The van der Waals surface area contributed by atoms with Crippen LogP contribution in [0, 0.1) is 17.8 Å². The van der Waals surface area contributed by atoms with Crippen LogP contribution in [0.1, 0.15) is 83.1 Å². The van der Waals surface area contributed by atoms with Crippen LogP contribution in [0.2, 0.25) is 18.1 Å². The molecule has 1 nitrogen and oxygen atoms in total. The van der Waals surface area contributed by atoms with Gasteiger partial charge in [-0.2, -0.15) is 0 Å². The number of aryl methyl sites for hydroxylation is 1. The van der Waals surface area contributed by atoms with E-state index in [0.717, 1.165) is 29.9 Å². The molecule has 3 rings (SSSR count). The fourth-order valence-corrected chi connectivity index (χ4v) is 9.65. The highest BCUT2D eigenvalue weighted by atomic mass is 35.5. The first kappa shape index (κ1) is 24.2. The summed E-state index contributed by atoms with van der Waals surface area (Å²) in [5.74, 6) is 4.85. The lowest BCUT2D eigenvalue weighted by Crippen LogP contribution is -2.28. The average molecular weight is 449 g/mol. The van der Waals surface area contributed by atoms with Crippen LogP contribution >= 0.6 is 11.6 Å². The van der Waals surface area contributed by atoms with Gasteiger partial charge in [-0.15, -0.1) is 11.6 Å². The zero-order valence-electron chi connectivity index (χ0n) is 19.4. The molecule has 1 aliphatic heterocycles. The number of benzene rings is 1. The summed E-state index contributed by atoms with van der Waals surface area (Å²) in [7, 11) is -0.298.